The molecule has 2 heterocycles. The first-order valence-corrected chi connectivity index (χ1v) is 9.02. The molecule has 0 radical (unpaired) electrons. The van der Waals surface area contributed by atoms with Gasteiger partial charge in [-0.05, 0) is 24.6 Å². The fourth-order valence-corrected chi connectivity index (χ4v) is 2.78. The Kier molecular flexibility index (Phi) is 5.90. The predicted molar refractivity (Wildman–Crippen MR) is 102 cm³/mol. The summed E-state index contributed by atoms with van der Waals surface area (Å²) in [5.41, 5.74) is 1.76. The maximum absolute atomic E-state index is 12.7. The van der Waals surface area contributed by atoms with E-state index in [2.05, 4.69) is 16.8 Å². The lowest BCUT2D eigenvalue weighted by molar-refractivity contribution is -0.140. The molecule has 0 spiro atoms. The van der Waals surface area contributed by atoms with Crippen molar-refractivity contribution in [2.45, 2.75) is 32.7 Å². The molecule has 27 heavy (non-hydrogen) atoms. The maximum Gasteiger partial charge on any atom is 0.307 e. The number of rotatable bonds is 8. The van der Waals surface area contributed by atoms with Gasteiger partial charge in [-0.1, -0.05) is 25.5 Å². The Bertz CT molecular complexity index is 990. The molecule has 0 saturated heterocycles. The van der Waals surface area contributed by atoms with Crippen LogP contribution in [-0.4, -0.2) is 33.9 Å². The summed E-state index contributed by atoms with van der Waals surface area (Å²) < 4.78 is 13.5. The fourth-order valence-electron chi connectivity index (χ4n) is 2.78. The highest BCUT2D eigenvalue weighted by atomic mass is 16.5. The van der Waals surface area contributed by atoms with E-state index in [-0.39, 0.29) is 24.5 Å². The summed E-state index contributed by atoms with van der Waals surface area (Å²) in [5.74, 6) is 0.398. The molecule has 1 aromatic carbocycles. The van der Waals surface area contributed by atoms with E-state index in [1.54, 1.807) is 23.0 Å². The van der Waals surface area contributed by atoms with E-state index in [4.69, 9.17) is 4.74 Å². The molecule has 7 nitrogen and oxygen atoms in total. The normalized spacial score (nSPS) is 10.9. The van der Waals surface area contributed by atoms with Crippen molar-refractivity contribution in [1.82, 2.24) is 14.2 Å². The Morgan fingerprint density at radius 2 is 2.04 bits per heavy atom. The third-order valence-corrected chi connectivity index (χ3v) is 4.31. The average Bonchev–Trinajstić information content (AvgIpc) is 3.13. The second-order valence-electron chi connectivity index (χ2n) is 6.18. The van der Waals surface area contributed by atoms with Gasteiger partial charge >= 0.3 is 5.97 Å². The van der Waals surface area contributed by atoms with Crippen molar-refractivity contribution in [3.8, 4) is 17.0 Å². The van der Waals surface area contributed by atoms with Gasteiger partial charge in [-0.25, -0.2) is 4.52 Å². The number of carbonyl (C=O) groups excluding carboxylic acids is 1. The number of nitrogens with zero attached hydrogens (tertiary/aromatic N) is 3. The van der Waals surface area contributed by atoms with E-state index in [0.717, 1.165) is 24.2 Å². The molecule has 0 bridgehead atoms. The van der Waals surface area contributed by atoms with Gasteiger partial charge in [-0.2, -0.15) is 5.10 Å². The smallest absolute Gasteiger partial charge is 0.307 e. The standard InChI is InChI=1S/C20H23N3O4/c1-3-4-13-27-18-8-6-5-7-15(18)16-14-17-20(25)22(10-9-19(24)26-2)11-12-23(17)21-16/h5-8,11-12,14H,3-4,9-10,13H2,1-2H3. The third kappa shape index (κ3) is 4.19. The van der Waals surface area contributed by atoms with Crippen LogP contribution < -0.4 is 10.3 Å². The summed E-state index contributed by atoms with van der Waals surface area (Å²) in [7, 11) is 1.33. The summed E-state index contributed by atoms with van der Waals surface area (Å²) >= 11 is 0. The molecule has 7 heteroatoms. The van der Waals surface area contributed by atoms with Crippen molar-refractivity contribution >= 4 is 11.5 Å². The molecule has 142 valence electrons. The molecule has 0 aliphatic carbocycles. The molecular weight excluding hydrogens is 346 g/mol. The molecule has 0 fully saturated rings. The van der Waals surface area contributed by atoms with Crippen LogP contribution >= 0.6 is 0 Å². The summed E-state index contributed by atoms with van der Waals surface area (Å²) in [6.45, 7) is 3.02. The first-order chi connectivity index (χ1) is 13.1. The number of esters is 1. The zero-order valence-electron chi connectivity index (χ0n) is 15.6. The predicted octanol–water partition coefficient (Wildman–Crippen LogP) is 2.91. The number of benzene rings is 1. The van der Waals surface area contributed by atoms with Crippen LogP contribution in [0.1, 0.15) is 26.2 Å². The molecule has 0 atom stereocenters. The highest BCUT2D eigenvalue weighted by Gasteiger charge is 2.13. The van der Waals surface area contributed by atoms with Crippen LogP contribution in [0.3, 0.4) is 0 Å². The minimum atomic E-state index is -0.353. The minimum absolute atomic E-state index is 0.141. The Morgan fingerprint density at radius 3 is 2.81 bits per heavy atom. The third-order valence-electron chi connectivity index (χ3n) is 4.31. The van der Waals surface area contributed by atoms with E-state index < -0.39 is 0 Å². The lowest BCUT2D eigenvalue weighted by Crippen LogP contribution is -2.22. The second kappa shape index (κ2) is 8.53. The first kappa shape index (κ1) is 18.7. The number of aryl methyl sites for hydroxylation is 1. The van der Waals surface area contributed by atoms with E-state index >= 15 is 0 Å². The van der Waals surface area contributed by atoms with Crippen molar-refractivity contribution in [2.75, 3.05) is 13.7 Å². The second-order valence-corrected chi connectivity index (χ2v) is 6.18. The fraction of sp³-hybridized carbons (Fsp3) is 0.350. The maximum atomic E-state index is 12.7. The molecule has 0 saturated carbocycles. The van der Waals surface area contributed by atoms with Crippen LogP contribution in [0.2, 0.25) is 0 Å². The molecule has 0 amide bonds. The largest absolute Gasteiger partial charge is 0.493 e. The zero-order chi connectivity index (χ0) is 19.2. The zero-order valence-corrected chi connectivity index (χ0v) is 15.6. The molecule has 2 aromatic heterocycles. The quantitative estimate of drug-likeness (QED) is 0.451. The summed E-state index contributed by atoms with van der Waals surface area (Å²) in [6.07, 6.45) is 5.50. The Labute approximate surface area is 157 Å². The van der Waals surface area contributed by atoms with E-state index in [1.807, 2.05) is 24.3 Å². The summed E-state index contributed by atoms with van der Waals surface area (Å²) in [5, 5.41) is 4.52. The van der Waals surface area contributed by atoms with Crippen molar-refractivity contribution in [1.29, 1.82) is 0 Å². The average molecular weight is 369 g/mol. The topological polar surface area (TPSA) is 74.8 Å². The summed E-state index contributed by atoms with van der Waals surface area (Å²) in [6, 6.07) is 9.42. The lowest BCUT2D eigenvalue weighted by atomic mass is 10.1. The van der Waals surface area contributed by atoms with Crippen molar-refractivity contribution < 1.29 is 14.3 Å². The van der Waals surface area contributed by atoms with Crippen LogP contribution in [0.25, 0.3) is 16.8 Å². The number of ether oxygens (including phenoxy) is 2. The van der Waals surface area contributed by atoms with Gasteiger partial charge in [-0.15, -0.1) is 0 Å². The van der Waals surface area contributed by atoms with Gasteiger partial charge in [0, 0.05) is 24.5 Å². The number of aromatic nitrogens is 3. The van der Waals surface area contributed by atoms with Gasteiger partial charge in [0.1, 0.15) is 11.3 Å². The monoisotopic (exact) mass is 369 g/mol. The van der Waals surface area contributed by atoms with Crippen LogP contribution in [0, 0.1) is 0 Å². The number of unbranched alkanes of at least 4 members (excludes halogenated alkanes) is 1. The summed E-state index contributed by atoms with van der Waals surface area (Å²) in [4.78, 5) is 24.0. The van der Waals surface area contributed by atoms with Crippen molar-refractivity contribution in [2.24, 2.45) is 0 Å². The van der Waals surface area contributed by atoms with Gasteiger partial charge in [-0.3, -0.25) is 9.59 Å². The number of hydrogen-bond acceptors (Lipinski definition) is 5. The highest BCUT2D eigenvalue weighted by Crippen LogP contribution is 2.29. The lowest BCUT2D eigenvalue weighted by Gasteiger charge is -2.09. The number of methoxy groups -OCH3 is 1. The first-order valence-electron chi connectivity index (χ1n) is 9.02. The molecule has 0 aliphatic rings. The van der Waals surface area contributed by atoms with E-state index in [1.165, 1.54) is 11.7 Å². The number of hydrogen-bond donors (Lipinski definition) is 0. The SMILES string of the molecule is CCCCOc1ccccc1-c1cc2c(=O)n(CCC(=O)OC)ccn2n1. The van der Waals surface area contributed by atoms with Gasteiger partial charge in [0.15, 0.2) is 0 Å². The van der Waals surface area contributed by atoms with E-state index in [9.17, 15) is 9.59 Å². The molecule has 0 N–H and O–H groups in total. The van der Waals surface area contributed by atoms with E-state index in [0.29, 0.717) is 17.8 Å². The van der Waals surface area contributed by atoms with Crippen molar-refractivity contribution in [3.05, 3.63) is 53.1 Å². The Hall–Kier alpha value is -3.09. The number of fused-ring (bicyclic) bond motifs is 1. The van der Waals surface area contributed by atoms with Crippen LogP contribution in [0.15, 0.2) is 47.5 Å². The number of para-hydroxylation sites is 1. The van der Waals surface area contributed by atoms with Gasteiger partial charge in [0.25, 0.3) is 5.56 Å². The highest BCUT2D eigenvalue weighted by molar-refractivity contribution is 5.71. The molecule has 3 rings (SSSR count). The Balaban J connectivity index is 1.92. The van der Waals surface area contributed by atoms with Gasteiger partial charge in [0.05, 0.1) is 25.8 Å². The van der Waals surface area contributed by atoms with Gasteiger partial charge in [0.2, 0.25) is 0 Å². The van der Waals surface area contributed by atoms with Crippen molar-refractivity contribution in [3.63, 3.8) is 0 Å². The molecule has 3 aromatic rings. The van der Waals surface area contributed by atoms with Gasteiger partial charge < -0.3 is 14.0 Å². The molecular formula is C20H23N3O4. The van der Waals surface area contributed by atoms with Crippen LogP contribution in [0.5, 0.6) is 5.75 Å². The molecule has 0 unspecified atom stereocenters. The van der Waals surface area contributed by atoms with Crippen LogP contribution in [0.4, 0.5) is 0 Å². The van der Waals surface area contributed by atoms with Crippen LogP contribution in [-0.2, 0) is 16.1 Å². The molecule has 0 aliphatic heterocycles. The minimum Gasteiger partial charge on any atom is -0.493 e. The Morgan fingerprint density at radius 1 is 1.22 bits per heavy atom. The number of carbonyl (C=O) groups is 1.